The number of hydrogen-bond acceptors (Lipinski definition) is 4. The van der Waals surface area contributed by atoms with Gasteiger partial charge in [0.1, 0.15) is 23.8 Å². The smallest absolute Gasteiger partial charge is 0.203 e. The largest absolute Gasteiger partial charge is 0.483 e. The lowest BCUT2D eigenvalue weighted by Gasteiger charge is -2.08. The Morgan fingerprint density at radius 2 is 1.93 bits per heavy atom. The quantitative estimate of drug-likeness (QED) is 0.372. The van der Waals surface area contributed by atoms with E-state index in [-0.39, 0.29) is 12.4 Å². The minimum atomic E-state index is -0.160. The summed E-state index contributed by atoms with van der Waals surface area (Å²) >= 11 is 18.0. The van der Waals surface area contributed by atoms with Crippen LogP contribution in [-0.2, 0) is 13.7 Å². The molecule has 0 saturated carbocycles. The summed E-state index contributed by atoms with van der Waals surface area (Å²) in [5.41, 5.74) is 1.29. The van der Waals surface area contributed by atoms with Crippen molar-refractivity contribution < 1.29 is 13.9 Å². The number of carbonyl (C=O) groups excluding carboxylic acids is 1. The van der Waals surface area contributed by atoms with Gasteiger partial charge in [0.2, 0.25) is 5.78 Å². The van der Waals surface area contributed by atoms with E-state index in [2.05, 4.69) is 5.10 Å². The molecular weight excluding hydrogens is 411 g/mol. The van der Waals surface area contributed by atoms with Crippen LogP contribution in [0.4, 0.5) is 0 Å². The van der Waals surface area contributed by atoms with Crippen molar-refractivity contribution in [3.8, 4) is 5.75 Å². The van der Waals surface area contributed by atoms with Gasteiger partial charge < -0.3 is 9.15 Å². The average molecular weight is 426 g/mol. The van der Waals surface area contributed by atoms with Crippen LogP contribution in [0.15, 0.2) is 40.8 Å². The molecule has 2 aromatic heterocycles. The zero-order chi connectivity index (χ0) is 19.6. The Kier molecular flexibility index (Phi) is 5.95. The van der Waals surface area contributed by atoms with Gasteiger partial charge in [-0.25, -0.2) is 0 Å². The molecule has 0 aliphatic heterocycles. The van der Waals surface area contributed by atoms with E-state index in [9.17, 15) is 4.79 Å². The molecule has 0 N–H and O–H groups in total. The van der Waals surface area contributed by atoms with Crippen LogP contribution in [0.5, 0.6) is 5.75 Å². The SMILES string of the molecule is Cc1cc(C(=O)/C=C/c2ccc(COc3c(Cl)cc(Cl)cc3Cl)o2)n(C)n1. The van der Waals surface area contributed by atoms with E-state index < -0.39 is 0 Å². The predicted molar refractivity (Wildman–Crippen MR) is 106 cm³/mol. The maximum Gasteiger partial charge on any atom is 0.203 e. The molecule has 3 rings (SSSR count). The predicted octanol–water partition coefficient (Wildman–Crippen LogP) is 5.76. The lowest BCUT2D eigenvalue weighted by molar-refractivity contribution is 0.103. The van der Waals surface area contributed by atoms with Crippen LogP contribution in [0.1, 0.15) is 27.7 Å². The molecule has 27 heavy (non-hydrogen) atoms. The highest BCUT2D eigenvalue weighted by Gasteiger charge is 2.11. The zero-order valence-corrected chi connectivity index (χ0v) is 16.8. The van der Waals surface area contributed by atoms with Crippen LogP contribution >= 0.6 is 34.8 Å². The monoisotopic (exact) mass is 424 g/mol. The summed E-state index contributed by atoms with van der Waals surface area (Å²) in [6, 6.07) is 8.31. The Morgan fingerprint density at radius 1 is 1.22 bits per heavy atom. The van der Waals surface area contributed by atoms with Crippen molar-refractivity contribution in [1.29, 1.82) is 0 Å². The third-order valence-corrected chi connectivity index (χ3v) is 4.44. The Balaban J connectivity index is 1.65. The number of aryl methyl sites for hydroxylation is 2. The lowest BCUT2D eigenvalue weighted by Crippen LogP contribution is -2.03. The second kappa shape index (κ2) is 8.21. The van der Waals surface area contributed by atoms with Crippen LogP contribution in [0, 0.1) is 6.92 Å². The normalized spacial score (nSPS) is 11.3. The van der Waals surface area contributed by atoms with Crippen molar-refractivity contribution >= 4 is 46.7 Å². The summed E-state index contributed by atoms with van der Waals surface area (Å²) in [7, 11) is 1.73. The fourth-order valence-electron chi connectivity index (χ4n) is 2.46. The number of halogens is 3. The number of nitrogens with zero attached hydrogens (tertiary/aromatic N) is 2. The van der Waals surface area contributed by atoms with Gasteiger partial charge in [-0.3, -0.25) is 9.48 Å². The lowest BCUT2D eigenvalue weighted by atomic mass is 10.2. The first-order valence-corrected chi connectivity index (χ1v) is 9.06. The molecule has 0 bridgehead atoms. The molecule has 5 nitrogen and oxygen atoms in total. The highest BCUT2D eigenvalue weighted by Crippen LogP contribution is 2.36. The molecule has 0 atom stereocenters. The molecule has 0 aliphatic rings. The Bertz CT molecular complexity index is 998. The topological polar surface area (TPSA) is 57.3 Å². The zero-order valence-electron chi connectivity index (χ0n) is 14.5. The van der Waals surface area contributed by atoms with Gasteiger partial charge in [-0.1, -0.05) is 34.8 Å². The summed E-state index contributed by atoms with van der Waals surface area (Å²) in [5.74, 6) is 1.25. The second-order valence-electron chi connectivity index (χ2n) is 5.78. The average Bonchev–Trinajstić information content (AvgIpc) is 3.17. The van der Waals surface area contributed by atoms with E-state index in [1.165, 1.54) is 6.08 Å². The molecule has 1 aromatic carbocycles. The van der Waals surface area contributed by atoms with E-state index in [4.69, 9.17) is 44.0 Å². The molecule has 0 fully saturated rings. The number of furan rings is 1. The summed E-state index contributed by atoms with van der Waals surface area (Å²) < 4.78 is 12.8. The van der Waals surface area contributed by atoms with Gasteiger partial charge in [-0.2, -0.15) is 5.10 Å². The van der Waals surface area contributed by atoms with Gasteiger partial charge in [0.25, 0.3) is 0 Å². The highest BCUT2D eigenvalue weighted by molar-refractivity contribution is 6.40. The Morgan fingerprint density at radius 3 is 2.56 bits per heavy atom. The number of rotatable bonds is 6. The second-order valence-corrected chi connectivity index (χ2v) is 7.03. The number of hydrogen-bond donors (Lipinski definition) is 0. The van der Waals surface area contributed by atoms with Gasteiger partial charge in [-0.15, -0.1) is 0 Å². The van der Waals surface area contributed by atoms with E-state index in [1.807, 2.05) is 6.92 Å². The van der Waals surface area contributed by atoms with Gasteiger partial charge >= 0.3 is 0 Å². The van der Waals surface area contributed by atoms with Crippen molar-refractivity contribution in [1.82, 2.24) is 9.78 Å². The number of allylic oxidation sites excluding steroid dienone is 1. The first-order valence-electron chi connectivity index (χ1n) is 7.92. The molecule has 0 aliphatic carbocycles. The maximum atomic E-state index is 12.2. The summed E-state index contributed by atoms with van der Waals surface area (Å²) in [4.78, 5) is 12.2. The number of benzene rings is 1. The number of ketones is 1. The number of carbonyl (C=O) groups is 1. The number of aromatic nitrogens is 2. The molecule has 0 saturated heterocycles. The van der Waals surface area contributed by atoms with E-state index in [0.717, 1.165) is 5.69 Å². The van der Waals surface area contributed by atoms with Gasteiger partial charge in [-0.05, 0) is 49.4 Å². The third kappa shape index (κ3) is 4.75. The van der Waals surface area contributed by atoms with Crippen molar-refractivity contribution in [2.24, 2.45) is 7.05 Å². The Labute approximate surface area is 171 Å². The third-order valence-electron chi connectivity index (χ3n) is 3.66. The summed E-state index contributed by atoms with van der Waals surface area (Å²) in [6.45, 7) is 1.96. The number of ether oxygens (including phenoxy) is 1. The molecule has 0 unspecified atom stereocenters. The molecule has 3 aromatic rings. The molecule has 0 spiro atoms. The van der Waals surface area contributed by atoms with Gasteiger partial charge in [0, 0.05) is 12.1 Å². The molecule has 2 heterocycles. The van der Waals surface area contributed by atoms with Crippen LogP contribution < -0.4 is 4.74 Å². The molecule has 8 heteroatoms. The first kappa shape index (κ1) is 19.5. The van der Waals surface area contributed by atoms with Crippen LogP contribution in [0.3, 0.4) is 0 Å². The first-order chi connectivity index (χ1) is 12.8. The van der Waals surface area contributed by atoms with Gasteiger partial charge in [0.05, 0.1) is 15.7 Å². The maximum absolute atomic E-state index is 12.2. The molecule has 0 radical (unpaired) electrons. The summed E-state index contributed by atoms with van der Waals surface area (Å²) in [6.07, 6.45) is 3.03. The van der Waals surface area contributed by atoms with Crippen LogP contribution in [0.25, 0.3) is 6.08 Å². The minimum Gasteiger partial charge on any atom is -0.483 e. The van der Waals surface area contributed by atoms with E-state index in [0.29, 0.717) is 38.0 Å². The Hall–Kier alpha value is -2.21. The molecular formula is C19H15Cl3N2O3. The van der Waals surface area contributed by atoms with Crippen molar-refractivity contribution in [2.75, 3.05) is 0 Å². The van der Waals surface area contributed by atoms with E-state index >= 15 is 0 Å². The van der Waals surface area contributed by atoms with Crippen LogP contribution in [0.2, 0.25) is 15.1 Å². The van der Waals surface area contributed by atoms with Crippen LogP contribution in [-0.4, -0.2) is 15.6 Å². The fourth-order valence-corrected chi connectivity index (χ4v) is 3.38. The molecule has 140 valence electrons. The molecule has 0 amide bonds. The van der Waals surface area contributed by atoms with E-state index in [1.54, 1.807) is 48.1 Å². The minimum absolute atomic E-state index is 0.129. The summed E-state index contributed by atoms with van der Waals surface area (Å²) in [5, 5.41) is 5.21. The fraction of sp³-hybridized carbons (Fsp3) is 0.158. The standard InChI is InChI=1S/C19H15Cl3N2O3/c1-11-7-17(24(2)23-11)18(25)6-5-13-3-4-14(27-13)10-26-19-15(21)8-12(20)9-16(19)22/h3-9H,10H2,1-2H3/b6-5+. The highest BCUT2D eigenvalue weighted by atomic mass is 35.5. The van der Waals surface area contributed by atoms with Crippen molar-refractivity contribution in [3.05, 3.63) is 74.4 Å². The van der Waals surface area contributed by atoms with Crippen molar-refractivity contribution in [3.63, 3.8) is 0 Å². The van der Waals surface area contributed by atoms with Gasteiger partial charge in [0.15, 0.2) is 5.75 Å². The van der Waals surface area contributed by atoms with Crippen molar-refractivity contribution in [2.45, 2.75) is 13.5 Å².